The van der Waals surface area contributed by atoms with Crippen molar-refractivity contribution in [3.05, 3.63) is 58.6 Å². The van der Waals surface area contributed by atoms with E-state index in [-0.39, 0.29) is 22.2 Å². The molecule has 1 N–H and O–H groups in total. The Balaban J connectivity index is 2.26. The van der Waals surface area contributed by atoms with Crippen molar-refractivity contribution < 1.29 is 18.1 Å². The number of carbonyl (C=O) groups excluding carboxylic acids is 1. The lowest BCUT2D eigenvalue weighted by Crippen LogP contribution is -2.22. The summed E-state index contributed by atoms with van der Waals surface area (Å²) in [6.07, 6.45) is 0. The highest BCUT2D eigenvalue weighted by atomic mass is 32.2. The van der Waals surface area contributed by atoms with Crippen LogP contribution < -0.4 is 9.62 Å². The Hall–Kier alpha value is -2.94. The Kier molecular flexibility index (Phi) is 4.84. The second-order valence-corrected chi connectivity index (χ2v) is 6.67. The molecule has 0 unspecified atom stereocenters. The van der Waals surface area contributed by atoms with Crippen molar-refractivity contribution in [3.63, 3.8) is 0 Å². The highest BCUT2D eigenvalue weighted by molar-refractivity contribution is 7.92. The average Bonchev–Trinajstić information content (AvgIpc) is 2.54. The molecular formula is C15H15N3O5S. The van der Waals surface area contributed by atoms with E-state index in [1.54, 1.807) is 7.05 Å². The summed E-state index contributed by atoms with van der Waals surface area (Å²) in [5, 5.41) is 10.7. The average molecular weight is 349 g/mol. The van der Waals surface area contributed by atoms with Crippen molar-refractivity contribution in [2.45, 2.75) is 11.8 Å². The van der Waals surface area contributed by atoms with Crippen molar-refractivity contribution in [2.75, 3.05) is 16.7 Å². The molecule has 0 spiro atoms. The van der Waals surface area contributed by atoms with Crippen LogP contribution in [0.2, 0.25) is 0 Å². The molecule has 0 saturated heterocycles. The SMILES string of the molecule is CC(=O)N(C)c1ccc(S(=O)(=O)Nc2cccc([N+](=O)[O-])c2)cc1. The van der Waals surface area contributed by atoms with Gasteiger partial charge in [0, 0.05) is 31.8 Å². The summed E-state index contributed by atoms with van der Waals surface area (Å²) >= 11 is 0. The minimum absolute atomic E-state index is 0.0188. The molecule has 0 atom stereocenters. The van der Waals surface area contributed by atoms with Gasteiger partial charge in [-0.25, -0.2) is 8.42 Å². The minimum Gasteiger partial charge on any atom is -0.316 e. The number of anilines is 2. The van der Waals surface area contributed by atoms with Gasteiger partial charge in [0.2, 0.25) is 5.91 Å². The molecule has 0 bridgehead atoms. The molecule has 0 fully saturated rings. The van der Waals surface area contributed by atoms with E-state index in [0.717, 1.165) is 6.07 Å². The molecular weight excluding hydrogens is 334 g/mol. The molecule has 24 heavy (non-hydrogen) atoms. The van der Waals surface area contributed by atoms with Gasteiger partial charge in [-0.2, -0.15) is 0 Å². The monoisotopic (exact) mass is 349 g/mol. The van der Waals surface area contributed by atoms with Crippen molar-refractivity contribution >= 4 is 33.0 Å². The van der Waals surface area contributed by atoms with Gasteiger partial charge in [0.1, 0.15) is 0 Å². The number of hydrogen-bond donors (Lipinski definition) is 1. The zero-order chi connectivity index (χ0) is 17.9. The van der Waals surface area contributed by atoms with Crippen LogP contribution in [-0.2, 0) is 14.8 Å². The number of nitro groups is 1. The van der Waals surface area contributed by atoms with Crippen molar-refractivity contribution in [1.29, 1.82) is 0 Å². The summed E-state index contributed by atoms with van der Waals surface area (Å²) in [7, 11) is -2.32. The van der Waals surface area contributed by atoms with Gasteiger partial charge in [-0.15, -0.1) is 0 Å². The lowest BCUT2D eigenvalue weighted by atomic mass is 10.3. The van der Waals surface area contributed by atoms with Crippen LogP contribution in [0.1, 0.15) is 6.92 Å². The lowest BCUT2D eigenvalue weighted by molar-refractivity contribution is -0.384. The zero-order valence-electron chi connectivity index (χ0n) is 13.0. The molecule has 0 heterocycles. The maximum Gasteiger partial charge on any atom is 0.271 e. The summed E-state index contributed by atoms with van der Waals surface area (Å²) in [4.78, 5) is 22.8. The summed E-state index contributed by atoms with van der Waals surface area (Å²) < 4.78 is 27.0. The number of sulfonamides is 1. The van der Waals surface area contributed by atoms with Crippen LogP contribution in [0.4, 0.5) is 17.1 Å². The molecule has 0 aliphatic carbocycles. The predicted molar refractivity (Wildman–Crippen MR) is 89.4 cm³/mol. The molecule has 8 nitrogen and oxygen atoms in total. The van der Waals surface area contributed by atoms with Gasteiger partial charge in [-0.1, -0.05) is 6.07 Å². The highest BCUT2D eigenvalue weighted by Crippen LogP contribution is 2.22. The molecule has 0 aromatic heterocycles. The van der Waals surface area contributed by atoms with Crippen LogP contribution in [0.25, 0.3) is 0 Å². The molecule has 1 amide bonds. The molecule has 2 rings (SSSR count). The minimum atomic E-state index is -3.89. The van der Waals surface area contributed by atoms with Gasteiger partial charge in [-0.05, 0) is 30.3 Å². The fourth-order valence-corrected chi connectivity index (χ4v) is 2.98. The summed E-state index contributed by atoms with van der Waals surface area (Å²) in [6.45, 7) is 1.40. The largest absolute Gasteiger partial charge is 0.316 e. The molecule has 0 aliphatic rings. The Labute approximate surface area is 138 Å². The Morgan fingerprint density at radius 3 is 2.33 bits per heavy atom. The second kappa shape index (κ2) is 6.67. The number of amides is 1. The number of hydrogen-bond acceptors (Lipinski definition) is 5. The third kappa shape index (κ3) is 3.87. The molecule has 0 radical (unpaired) electrons. The zero-order valence-corrected chi connectivity index (χ0v) is 13.8. The van der Waals surface area contributed by atoms with Crippen LogP contribution in [0.5, 0.6) is 0 Å². The second-order valence-electron chi connectivity index (χ2n) is 4.98. The lowest BCUT2D eigenvalue weighted by Gasteiger charge is -2.15. The van der Waals surface area contributed by atoms with Crippen LogP contribution in [-0.4, -0.2) is 26.3 Å². The molecule has 126 valence electrons. The fourth-order valence-electron chi connectivity index (χ4n) is 1.93. The summed E-state index contributed by atoms with van der Waals surface area (Å²) in [5.41, 5.74) is 0.430. The first-order chi connectivity index (χ1) is 11.2. The Morgan fingerprint density at radius 1 is 1.17 bits per heavy atom. The number of nitrogens with zero attached hydrogens (tertiary/aromatic N) is 2. The summed E-state index contributed by atoms with van der Waals surface area (Å²) in [5.74, 6) is -0.180. The van der Waals surface area contributed by atoms with E-state index in [1.165, 1.54) is 54.3 Å². The first-order valence-electron chi connectivity index (χ1n) is 6.82. The topological polar surface area (TPSA) is 110 Å². The standard InChI is InChI=1S/C15H15N3O5S/c1-11(19)17(2)13-6-8-15(9-7-13)24(22,23)16-12-4-3-5-14(10-12)18(20)21/h3-10,16H,1-2H3. The molecule has 0 aliphatic heterocycles. The Bertz CT molecular complexity index is 878. The summed E-state index contributed by atoms with van der Waals surface area (Å²) in [6, 6.07) is 10.9. The molecule has 2 aromatic rings. The highest BCUT2D eigenvalue weighted by Gasteiger charge is 2.16. The van der Waals surface area contributed by atoms with E-state index < -0.39 is 14.9 Å². The smallest absolute Gasteiger partial charge is 0.271 e. The molecule has 9 heteroatoms. The number of non-ortho nitro benzene ring substituents is 1. The van der Waals surface area contributed by atoms with Crippen LogP contribution >= 0.6 is 0 Å². The van der Waals surface area contributed by atoms with E-state index in [1.807, 2.05) is 0 Å². The molecule has 0 saturated carbocycles. The first kappa shape index (κ1) is 17.4. The van der Waals surface area contributed by atoms with Crippen LogP contribution in [0.3, 0.4) is 0 Å². The number of nitro benzene ring substituents is 1. The van der Waals surface area contributed by atoms with E-state index in [0.29, 0.717) is 5.69 Å². The third-order valence-electron chi connectivity index (χ3n) is 3.32. The van der Waals surface area contributed by atoms with Gasteiger partial charge in [0.05, 0.1) is 15.5 Å². The van der Waals surface area contributed by atoms with Crippen LogP contribution in [0, 0.1) is 10.1 Å². The number of carbonyl (C=O) groups is 1. The van der Waals surface area contributed by atoms with E-state index >= 15 is 0 Å². The fraction of sp³-hybridized carbons (Fsp3) is 0.133. The van der Waals surface area contributed by atoms with Crippen molar-refractivity contribution in [1.82, 2.24) is 0 Å². The predicted octanol–water partition coefficient (Wildman–Crippen LogP) is 2.38. The quantitative estimate of drug-likeness (QED) is 0.658. The third-order valence-corrected chi connectivity index (χ3v) is 4.71. The van der Waals surface area contributed by atoms with Gasteiger partial charge in [0.25, 0.3) is 15.7 Å². The van der Waals surface area contributed by atoms with Gasteiger partial charge < -0.3 is 4.90 Å². The number of rotatable bonds is 5. The van der Waals surface area contributed by atoms with Crippen LogP contribution in [0.15, 0.2) is 53.4 Å². The Morgan fingerprint density at radius 2 is 1.79 bits per heavy atom. The van der Waals surface area contributed by atoms with Gasteiger partial charge in [0.15, 0.2) is 0 Å². The van der Waals surface area contributed by atoms with E-state index in [9.17, 15) is 23.3 Å². The molecule has 2 aromatic carbocycles. The normalized spacial score (nSPS) is 10.9. The van der Waals surface area contributed by atoms with E-state index in [4.69, 9.17) is 0 Å². The number of nitrogens with one attached hydrogen (secondary N) is 1. The maximum atomic E-state index is 12.3. The van der Waals surface area contributed by atoms with Crippen molar-refractivity contribution in [3.8, 4) is 0 Å². The van der Waals surface area contributed by atoms with Gasteiger partial charge in [-0.3, -0.25) is 19.6 Å². The van der Waals surface area contributed by atoms with Crippen molar-refractivity contribution in [2.24, 2.45) is 0 Å². The van der Waals surface area contributed by atoms with Gasteiger partial charge >= 0.3 is 0 Å². The maximum absolute atomic E-state index is 12.3. The van der Waals surface area contributed by atoms with E-state index in [2.05, 4.69) is 4.72 Å². The first-order valence-corrected chi connectivity index (χ1v) is 8.30. The number of benzene rings is 2.